The highest BCUT2D eigenvalue weighted by Gasteiger charge is 2.48. The van der Waals surface area contributed by atoms with Crippen LogP contribution in [0.25, 0.3) is 10.9 Å². The van der Waals surface area contributed by atoms with Crippen molar-refractivity contribution in [2.75, 3.05) is 24.5 Å². The number of pyridine rings is 1. The molecule has 1 atom stereocenters. The first-order valence-corrected chi connectivity index (χ1v) is 9.93. The maximum absolute atomic E-state index is 13.1. The third kappa shape index (κ3) is 3.08. The molecule has 0 aliphatic carbocycles. The Kier molecular flexibility index (Phi) is 4.43. The van der Waals surface area contributed by atoms with Gasteiger partial charge in [-0.1, -0.05) is 36.4 Å². The second-order valence-electron chi connectivity index (χ2n) is 7.55. The van der Waals surface area contributed by atoms with Crippen LogP contribution in [0, 0.1) is 0 Å². The molecule has 30 heavy (non-hydrogen) atoms. The summed E-state index contributed by atoms with van der Waals surface area (Å²) >= 11 is 0. The molecule has 0 spiro atoms. The van der Waals surface area contributed by atoms with E-state index in [9.17, 15) is 14.4 Å². The lowest BCUT2D eigenvalue weighted by atomic mass is 10.1. The van der Waals surface area contributed by atoms with Crippen molar-refractivity contribution in [1.29, 1.82) is 0 Å². The Morgan fingerprint density at radius 1 is 1.00 bits per heavy atom. The first-order chi connectivity index (χ1) is 14.6. The zero-order valence-electron chi connectivity index (χ0n) is 16.3. The van der Waals surface area contributed by atoms with Crippen LogP contribution in [-0.4, -0.2) is 58.3 Å². The summed E-state index contributed by atoms with van der Waals surface area (Å²) in [5.41, 5.74) is 2.27. The number of aromatic nitrogens is 1. The summed E-state index contributed by atoms with van der Waals surface area (Å²) in [6.45, 7) is 1.000. The van der Waals surface area contributed by atoms with Crippen molar-refractivity contribution >= 4 is 34.4 Å². The van der Waals surface area contributed by atoms with E-state index >= 15 is 0 Å². The van der Waals surface area contributed by atoms with Crippen LogP contribution >= 0.6 is 0 Å². The largest absolute Gasteiger partial charge is 0.338 e. The summed E-state index contributed by atoms with van der Waals surface area (Å²) in [5.74, 6) is -0.322. The van der Waals surface area contributed by atoms with Crippen molar-refractivity contribution in [3.63, 3.8) is 0 Å². The lowest BCUT2D eigenvalue weighted by Gasteiger charge is -2.35. The zero-order valence-corrected chi connectivity index (χ0v) is 16.3. The Balaban J connectivity index is 1.36. The molecule has 3 aromatic rings. The summed E-state index contributed by atoms with van der Waals surface area (Å²) in [6.07, 6.45) is 1.99. The molecule has 150 valence electrons. The molecule has 3 heterocycles. The molecular weight excluding hydrogens is 380 g/mol. The minimum atomic E-state index is -0.643. The number of hydrogen-bond donors (Lipinski definition) is 0. The van der Waals surface area contributed by atoms with E-state index in [2.05, 4.69) is 4.98 Å². The van der Waals surface area contributed by atoms with Crippen LogP contribution < -0.4 is 4.90 Å². The van der Waals surface area contributed by atoms with Crippen LogP contribution in [-0.2, 0) is 16.0 Å². The molecule has 2 fully saturated rings. The van der Waals surface area contributed by atoms with E-state index in [1.54, 1.807) is 34.2 Å². The van der Waals surface area contributed by atoms with Gasteiger partial charge < -0.3 is 9.80 Å². The standard InChI is InChI=1S/C23H20N4O3/c28-21(13-16-5-2-1-3-6-16)25-11-12-26-20(15-25)22(29)27(23(26)30)18-8-9-19-17(14-18)7-4-10-24-19/h1-10,14,20H,11-13,15H2. The number of carbonyl (C=O) groups is 3. The maximum atomic E-state index is 13.1. The van der Waals surface area contributed by atoms with E-state index in [0.29, 0.717) is 18.8 Å². The average molecular weight is 400 g/mol. The highest BCUT2D eigenvalue weighted by atomic mass is 16.2. The summed E-state index contributed by atoms with van der Waals surface area (Å²) in [5, 5.41) is 0.861. The summed E-state index contributed by atoms with van der Waals surface area (Å²) in [4.78, 5) is 47.6. The maximum Gasteiger partial charge on any atom is 0.332 e. The van der Waals surface area contributed by atoms with Crippen LogP contribution in [0.4, 0.5) is 10.5 Å². The van der Waals surface area contributed by atoms with Crippen molar-refractivity contribution in [1.82, 2.24) is 14.8 Å². The van der Waals surface area contributed by atoms with Gasteiger partial charge in [0.05, 0.1) is 24.2 Å². The van der Waals surface area contributed by atoms with Gasteiger partial charge in [-0.3, -0.25) is 14.6 Å². The number of hydrogen-bond acceptors (Lipinski definition) is 4. The first kappa shape index (κ1) is 18.3. The Bertz CT molecular complexity index is 1150. The molecule has 4 amide bonds. The van der Waals surface area contributed by atoms with E-state index in [-0.39, 0.29) is 30.8 Å². The van der Waals surface area contributed by atoms with Gasteiger partial charge >= 0.3 is 6.03 Å². The SMILES string of the molecule is O=C(Cc1ccccc1)N1CCN2C(=O)N(c3ccc4ncccc4c3)C(=O)C2C1. The highest BCUT2D eigenvalue weighted by Crippen LogP contribution is 2.29. The fraction of sp³-hybridized carbons (Fsp3) is 0.217. The molecule has 2 aromatic carbocycles. The van der Waals surface area contributed by atoms with Crippen molar-refractivity contribution in [2.24, 2.45) is 0 Å². The number of fused-ring (bicyclic) bond motifs is 2. The number of benzene rings is 2. The number of carbonyl (C=O) groups excluding carboxylic acids is 3. The molecule has 7 nitrogen and oxygen atoms in total. The predicted molar refractivity (Wildman–Crippen MR) is 112 cm³/mol. The number of imide groups is 1. The molecule has 7 heteroatoms. The molecule has 2 saturated heterocycles. The summed E-state index contributed by atoms with van der Waals surface area (Å²) in [7, 11) is 0. The van der Waals surface area contributed by atoms with Crippen molar-refractivity contribution in [3.05, 3.63) is 72.4 Å². The second-order valence-corrected chi connectivity index (χ2v) is 7.55. The number of rotatable bonds is 3. The van der Waals surface area contributed by atoms with Gasteiger partial charge in [-0.05, 0) is 29.8 Å². The third-order valence-electron chi connectivity index (χ3n) is 5.72. The predicted octanol–water partition coefficient (Wildman–Crippen LogP) is 2.46. The molecule has 0 N–H and O–H groups in total. The Hall–Kier alpha value is -3.74. The smallest absolute Gasteiger partial charge is 0.332 e. The van der Waals surface area contributed by atoms with Gasteiger partial charge in [0.1, 0.15) is 6.04 Å². The Morgan fingerprint density at radius 3 is 2.67 bits per heavy atom. The molecule has 0 saturated carbocycles. The van der Waals surface area contributed by atoms with Gasteiger partial charge in [-0.25, -0.2) is 9.69 Å². The first-order valence-electron chi connectivity index (χ1n) is 9.93. The highest BCUT2D eigenvalue weighted by molar-refractivity contribution is 6.22. The van der Waals surface area contributed by atoms with E-state index in [1.807, 2.05) is 42.5 Å². The minimum absolute atomic E-state index is 0.0312. The third-order valence-corrected chi connectivity index (χ3v) is 5.72. The van der Waals surface area contributed by atoms with Crippen LogP contribution in [0.1, 0.15) is 5.56 Å². The van der Waals surface area contributed by atoms with Crippen LogP contribution in [0.3, 0.4) is 0 Å². The minimum Gasteiger partial charge on any atom is -0.338 e. The molecule has 1 aromatic heterocycles. The van der Waals surface area contributed by atoms with Crippen LogP contribution in [0.15, 0.2) is 66.9 Å². The van der Waals surface area contributed by atoms with Crippen molar-refractivity contribution in [2.45, 2.75) is 12.5 Å². The lowest BCUT2D eigenvalue weighted by Crippen LogP contribution is -2.55. The molecule has 5 rings (SSSR count). The number of piperazine rings is 1. The molecule has 2 aliphatic rings. The number of urea groups is 1. The zero-order chi connectivity index (χ0) is 20.7. The molecule has 0 bridgehead atoms. The monoisotopic (exact) mass is 400 g/mol. The van der Waals surface area contributed by atoms with Gasteiger partial charge in [0.2, 0.25) is 5.91 Å². The van der Waals surface area contributed by atoms with Gasteiger partial charge in [0.25, 0.3) is 5.91 Å². The normalized spacial score (nSPS) is 18.8. The van der Waals surface area contributed by atoms with Crippen LogP contribution in [0.5, 0.6) is 0 Å². The quantitative estimate of drug-likeness (QED) is 0.633. The molecule has 1 unspecified atom stereocenters. The van der Waals surface area contributed by atoms with Gasteiger partial charge in [0, 0.05) is 24.7 Å². The molecular formula is C23H20N4O3. The summed E-state index contributed by atoms with van der Waals surface area (Å²) < 4.78 is 0. The van der Waals surface area contributed by atoms with E-state index < -0.39 is 6.04 Å². The average Bonchev–Trinajstić information content (AvgIpc) is 3.03. The Labute approximate surface area is 173 Å². The fourth-order valence-corrected chi connectivity index (χ4v) is 4.14. The summed E-state index contributed by atoms with van der Waals surface area (Å²) in [6, 6.07) is 17.6. The van der Waals surface area contributed by atoms with Gasteiger partial charge in [0.15, 0.2) is 0 Å². The number of amides is 4. The van der Waals surface area contributed by atoms with Gasteiger partial charge in [-0.2, -0.15) is 0 Å². The van der Waals surface area contributed by atoms with E-state index in [0.717, 1.165) is 16.5 Å². The number of anilines is 1. The van der Waals surface area contributed by atoms with E-state index in [1.165, 1.54) is 4.90 Å². The van der Waals surface area contributed by atoms with E-state index in [4.69, 9.17) is 0 Å². The van der Waals surface area contributed by atoms with Crippen molar-refractivity contribution < 1.29 is 14.4 Å². The Morgan fingerprint density at radius 2 is 1.83 bits per heavy atom. The van der Waals surface area contributed by atoms with Crippen molar-refractivity contribution in [3.8, 4) is 0 Å². The fourth-order valence-electron chi connectivity index (χ4n) is 4.14. The second kappa shape index (κ2) is 7.26. The topological polar surface area (TPSA) is 73.8 Å². The van der Waals surface area contributed by atoms with Crippen LogP contribution in [0.2, 0.25) is 0 Å². The molecule has 2 aliphatic heterocycles. The van der Waals surface area contributed by atoms with Gasteiger partial charge in [-0.15, -0.1) is 0 Å². The molecule has 0 radical (unpaired) electrons. The lowest BCUT2D eigenvalue weighted by molar-refractivity contribution is -0.134. The number of nitrogens with zero attached hydrogens (tertiary/aromatic N) is 4.